The minimum atomic E-state index is -0.575. The number of nitrogens with zero attached hydrogens (tertiary/aromatic N) is 3. The zero-order valence-corrected chi connectivity index (χ0v) is 18.3. The number of hydrogen-bond donors (Lipinski definition) is 2. The summed E-state index contributed by atoms with van der Waals surface area (Å²) in [6, 6.07) is 15.6. The number of nitrogens with two attached hydrogens (primary N) is 1. The Morgan fingerprint density at radius 1 is 1.16 bits per heavy atom. The van der Waals surface area contributed by atoms with Gasteiger partial charge >= 0.3 is 0 Å². The molecule has 1 aliphatic rings. The maximum Gasteiger partial charge on any atom is 0.261 e. The van der Waals surface area contributed by atoms with Gasteiger partial charge in [0.2, 0.25) is 5.91 Å². The summed E-state index contributed by atoms with van der Waals surface area (Å²) in [6.07, 6.45) is 0. The van der Waals surface area contributed by atoms with Crippen LogP contribution < -0.4 is 16.6 Å². The highest BCUT2D eigenvalue weighted by Crippen LogP contribution is 2.17. The number of ether oxygens (including phenoxy) is 1. The van der Waals surface area contributed by atoms with Crippen molar-refractivity contribution >= 4 is 16.8 Å². The molecule has 2 heterocycles. The fraction of sp³-hybridized carbons (Fsp3) is 0.375. The maximum absolute atomic E-state index is 13.0. The highest BCUT2D eigenvalue weighted by Gasteiger charge is 2.20. The Hall–Kier alpha value is -3.07. The number of rotatable bonds is 8. The SMILES string of the molecule is Cc1ccc([C@H](CN2CCOCC2)NCc2nc3ccccc3c(=O)n2CC(N)=O)cc1. The Bertz CT molecular complexity index is 1140. The molecule has 0 unspecified atom stereocenters. The average Bonchev–Trinajstić information content (AvgIpc) is 2.80. The van der Waals surface area contributed by atoms with Crippen molar-refractivity contribution in [3.8, 4) is 0 Å². The van der Waals surface area contributed by atoms with Crippen molar-refractivity contribution in [2.75, 3.05) is 32.8 Å². The standard InChI is InChI=1S/C24H29N5O3/c1-17-6-8-18(9-7-17)21(15-28-10-12-32-13-11-28)26-14-23-27-20-5-3-2-4-19(20)24(31)29(23)16-22(25)30/h2-9,21,26H,10-16H2,1H3,(H2,25,30)/t21-/m0/s1. The van der Waals surface area contributed by atoms with Gasteiger partial charge in [0.15, 0.2) is 0 Å². The molecule has 0 radical (unpaired) electrons. The van der Waals surface area contributed by atoms with Crippen molar-refractivity contribution in [1.82, 2.24) is 19.8 Å². The molecule has 0 saturated carbocycles. The third-order valence-corrected chi connectivity index (χ3v) is 5.79. The van der Waals surface area contributed by atoms with Crippen LogP contribution in [0.4, 0.5) is 0 Å². The molecule has 1 amide bonds. The van der Waals surface area contributed by atoms with Gasteiger partial charge in [-0.15, -0.1) is 0 Å². The van der Waals surface area contributed by atoms with E-state index >= 15 is 0 Å². The highest BCUT2D eigenvalue weighted by atomic mass is 16.5. The highest BCUT2D eigenvalue weighted by molar-refractivity contribution is 5.78. The Labute approximate surface area is 187 Å². The number of aryl methyl sites for hydroxylation is 1. The first-order valence-electron chi connectivity index (χ1n) is 10.9. The minimum Gasteiger partial charge on any atom is -0.379 e. The van der Waals surface area contributed by atoms with Crippen molar-refractivity contribution in [3.05, 3.63) is 75.8 Å². The number of para-hydroxylation sites is 1. The van der Waals surface area contributed by atoms with E-state index in [0.29, 0.717) is 23.3 Å². The fourth-order valence-electron chi connectivity index (χ4n) is 4.01. The van der Waals surface area contributed by atoms with Crippen LogP contribution in [0.25, 0.3) is 10.9 Å². The van der Waals surface area contributed by atoms with Crippen molar-refractivity contribution in [1.29, 1.82) is 0 Å². The van der Waals surface area contributed by atoms with Crippen LogP contribution in [-0.4, -0.2) is 53.2 Å². The molecule has 4 rings (SSSR count). The van der Waals surface area contributed by atoms with Gasteiger partial charge in [-0.1, -0.05) is 42.0 Å². The number of carbonyl (C=O) groups is 1. The Kier molecular flexibility index (Phi) is 6.94. The van der Waals surface area contributed by atoms with E-state index in [9.17, 15) is 9.59 Å². The second-order valence-electron chi connectivity index (χ2n) is 8.16. The van der Waals surface area contributed by atoms with Gasteiger partial charge in [0.25, 0.3) is 5.56 Å². The van der Waals surface area contributed by atoms with E-state index in [1.165, 1.54) is 10.1 Å². The second-order valence-corrected chi connectivity index (χ2v) is 8.16. The smallest absolute Gasteiger partial charge is 0.261 e. The summed E-state index contributed by atoms with van der Waals surface area (Å²) >= 11 is 0. The van der Waals surface area contributed by atoms with Crippen molar-refractivity contribution in [2.24, 2.45) is 5.73 Å². The lowest BCUT2D eigenvalue weighted by molar-refractivity contribution is -0.118. The summed E-state index contributed by atoms with van der Waals surface area (Å²) in [5.74, 6) is -0.0829. The lowest BCUT2D eigenvalue weighted by atomic mass is 10.0. The molecule has 1 aliphatic heterocycles. The molecule has 2 aromatic carbocycles. The molecule has 3 aromatic rings. The molecule has 168 valence electrons. The summed E-state index contributed by atoms with van der Waals surface area (Å²) in [5, 5.41) is 4.04. The molecule has 1 saturated heterocycles. The van der Waals surface area contributed by atoms with E-state index in [-0.39, 0.29) is 18.1 Å². The number of morpholine rings is 1. The number of fused-ring (bicyclic) bond motifs is 1. The zero-order valence-electron chi connectivity index (χ0n) is 18.3. The second kappa shape index (κ2) is 10.0. The van der Waals surface area contributed by atoms with Gasteiger partial charge in [-0.3, -0.25) is 19.1 Å². The van der Waals surface area contributed by atoms with Gasteiger partial charge in [0.05, 0.1) is 30.7 Å². The van der Waals surface area contributed by atoms with Crippen molar-refractivity contribution in [2.45, 2.75) is 26.1 Å². The van der Waals surface area contributed by atoms with Crippen molar-refractivity contribution < 1.29 is 9.53 Å². The van der Waals surface area contributed by atoms with E-state index in [2.05, 4.69) is 46.4 Å². The van der Waals surface area contributed by atoms with E-state index in [0.717, 1.165) is 38.4 Å². The van der Waals surface area contributed by atoms with Gasteiger partial charge in [0, 0.05) is 25.7 Å². The predicted octanol–water partition coefficient (Wildman–Crippen LogP) is 1.35. The van der Waals surface area contributed by atoms with Gasteiger partial charge in [-0.2, -0.15) is 0 Å². The van der Waals surface area contributed by atoms with Crippen LogP contribution in [-0.2, 0) is 22.6 Å². The molecule has 3 N–H and O–H groups in total. The van der Waals surface area contributed by atoms with Crippen LogP contribution in [0, 0.1) is 6.92 Å². The molecule has 32 heavy (non-hydrogen) atoms. The number of carbonyl (C=O) groups excluding carboxylic acids is 1. The van der Waals surface area contributed by atoms with E-state index in [1.807, 2.05) is 6.07 Å². The number of aromatic nitrogens is 2. The van der Waals surface area contributed by atoms with E-state index < -0.39 is 5.91 Å². The lowest BCUT2D eigenvalue weighted by Crippen LogP contribution is -2.42. The molecule has 1 fully saturated rings. The number of benzene rings is 2. The normalized spacial score (nSPS) is 15.7. The molecular formula is C24H29N5O3. The summed E-state index contributed by atoms with van der Waals surface area (Å²) in [7, 11) is 0. The predicted molar refractivity (Wildman–Crippen MR) is 123 cm³/mol. The number of primary amides is 1. The molecule has 8 nitrogen and oxygen atoms in total. The molecule has 0 bridgehead atoms. The number of nitrogens with one attached hydrogen (secondary N) is 1. The van der Waals surface area contributed by atoms with Gasteiger partial charge in [-0.05, 0) is 24.6 Å². The quantitative estimate of drug-likeness (QED) is 0.554. The number of amides is 1. The van der Waals surface area contributed by atoms with Crippen LogP contribution in [0.15, 0.2) is 53.3 Å². The van der Waals surface area contributed by atoms with Crippen molar-refractivity contribution in [3.63, 3.8) is 0 Å². The molecule has 8 heteroatoms. The van der Waals surface area contributed by atoms with Gasteiger partial charge < -0.3 is 15.8 Å². The summed E-state index contributed by atoms with van der Waals surface area (Å²) in [5.41, 5.74) is 8.13. The maximum atomic E-state index is 13.0. The third kappa shape index (κ3) is 5.21. The molecule has 1 aromatic heterocycles. The zero-order chi connectivity index (χ0) is 22.5. The Morgan fingerprint density at radius 3 is 2.59 bits per heavy atom. The van der Waals surface area contributed by atoms with E-state index in [4.69, 9.17) is 10.5 Å². The Balaban J connectivity index is 1.63. The van der Waals surface area contributed by atoms with E-state index in [1.54, 1.807) is 18.2 Å². The summed E-state index contributed by atoms with van der Waals surface area (Å²) in [6.45, 7) is 6.21. The average molecular weight is 436 g/mol. The summed E-state index contributed by atoms with van der Waals surface area (Å²) < 4.78 is 6.86. The fourth-order valence-corrected chi connectivity index (χ4v) is 4.01. The largest absolute Gasteiger partial charge is 0.379 e. The van der Waals surface area contributed by atoms with Crippen LogP contribution in [0.1, 0.15) is 23.0 Å². The first kappa shape index (κ1) is 22.1. The molecule has 1 atom stereocenters. The van der Waals surface area contributed by atoms with Crippen LogP contribution in [0.5, 0.6) is 0 Å². The van der Waals surface area contributed by atoms with Crippen LogP contribution >= 0.6 is 0 Å². The number of hydrogen-bond acceptors (Lipinski definition) is 6. The monoisotopic (exact) mass is 435 g/mol. The summed E-state index contributed by atoms with van der Waals surface area (Å²) in [4.78, 5) is 31.7. The topological polar surface area (TPSA) is 102 Å². The third-order valence-electron chi connectivity index (χ3n) is 5.79. The van der Waals surface area contributed by atoms with Crippen LogP contribution in [0.3, 0.4) is 0 Å². The Morgan fingerprint density at radius 2 is 1.88 bits per heavy atom. The van der Waals surface area contributed by atoms with Crippen LogP contribution in [0.2, 0.25) is 0 Å². The first-order valence-corrected chi connectivity index (χ1v) is 10.9. The van der Waals surface area contributed by atoms with Gasteiger partial charge in [0.1, 0.15) is 12.4 Å². The minimum absolute atomic E-state index is 0.0269. The lowest BCUT2D eigenvalue weighted by Gasteiger charge is -2.31. The first-order chi connectivity index (χ1) is 15.5. The molecule has 0 aliphatic carbocycles. The molecule has 0 spiro atoms. The van der Waals surface area contributed by atoms with Gasteiger partial charge in [-0.25, -0.2) is 4.98 Å². The molecular weight excluding hydrogens is 406 g/mol.